The van der Waals surface area contributed by atoms with Gasteiger partial charge in [0.05, 0.1) is 0 Å². The summed E-state index contributed by atoms with van der Waals surface area (Å²) in [5.74, 6) is -0.521. The summed E-state index contributed by atoms with van der Waals surface area (Å²) in [4.78, 5) is 24.9. The lowest BCUT2D eigenvalue weighted by molar-refractivity contribution is -0.142. The van der Waals surface area contributed by atoms with Gasteiger partial charge in [0.15, 0.2) is 0 Å². The van der Waals surface area contributed by atoms with Crippen LogP contribution in [0.25, 0.3) is 0 Å². The van der Waals surface area contributed by atoms with E-state index in [9.17, 15) is 14.7 Å². The summed E-state index contributed by atoms with van der Waals surface area (Å²) < 4.78 is 0. The number of benzene rings is 1. The minimum Gasteiger partial charge on any atom is -0.480 e. The van der Waals surface area contributed by atoms with Crippen LogP contribution in [0.15, 0.2) is 24.3 Å². The molecule has 1 aromatic rings. The van der Waals surface area contributed by atoms with Crippen LogP contribution >= 0.6 is 0 Å². The zero-order chi connectivity index (χ0) is 15.6. The highest BCUT2D eigenvalue weighted by molar-refractivity contribution is 5.92. The van der Waals surface area contributed by atoms with Crippen LogP contribution in [0.5, 0.6) is 0 Å². The number of carbonyl (C=O) groups is 2. The Balaban J connectivity index is 2.05. The van der Waals surface area contributed by atoms with Crippen molar-refractivity contribution < 1.29 is 14.7 Å². The average molecular weight is 290 g/mol. The Morgan fingerprint density at radius 1 is 1.29 bits per heavy atom. The van der Waals surface area contributed by atoms with Crippen molar-refractivity contribution in [3.63, 3.8) is 0 Å². The minimum atomic E-state index is -0.940. The number of carbonyl (C=O) groups excluding carboxylic acids is 1. The molecule has 0 bridgehead atoms. The molecule has 2 N–H and O–H groups in total. The summed E-state index contributed by atoms with van der Waals surface area (Å²) in [6.45, 7) is 6.56. The maximum Gasteiger partial charge on any atom is 0.326 e. The fourth-order valence-corrected chi connectivity index (χ4v) is 2.70. The van der Waals surface area contributed by atoms with E-state index in [2.05, 4.69) is 19.2 Å². The van der Waals surface area contributed by atoms with Gasteiger partial charge in [-0.1, -0.05) is 32.9 Å². The maximum absolute atomic E-state index is 12.2. The average Bonchev–Trinajstić information content (AvgIpc) is 2.81. The first kappa shape index (κ1) is 15.4. The smallest absolute Gasteiger partial charge is 0.326 e. The number of urea groups is 1. The first-order valence-electron chi connectivity index (χ1n) is 7.30. The molecule has 21 heavy (non-hydrogen) atoms. The van der Waals surface area contributed by atoms with Gasteiger partial charge in [-0.15, -0.1) is 0 Å². The molecule has 5 heteroatoms. The van der Waals surface area contributed by atoms with Gasteiger partial charge in [0.25, 0.3) is 0 Å². The van der Waals surface area contributed by atoms with E-state index in [4.69, 9.17) is 0 Å². The second-order valence-corrected chi connectivity index (χ2v) is 5.95. The lowest BCUT2D eigenvalue weighted by Gasteiger charge is -2.23. The van der Waals surface area contributed by atoms with Crippen LogP contribution in [0.4, 0.5) is 10.5 Å². The number of anilines is 1. The van der Waals surface area contributed by atoms with Gasteiger partial charge in [0.1, 0.15) is 6.04 Å². The number of hydrogen-bond donors (Lipinski definition) is 2. The van der Waals surface area contributed by atoms with E-state index in [1.54, 1.807) is 0 Å². The highest BCUT2D eigenvalue weighted by atomic mass is 16.4. The first-order chi connectivity index (χ1) is 9.90. The van der Waals surface area contributed by atoms with E-state index in [0.29, 0.717) is 18.2 Å². The van der Waals surface area contributed by atoms with Crippen molar-refractivity contribution in [2.75, 3.05) is 11.9 Å². The molecule has 0 spiro atoms. The number of carboxylic acids is 1. The number of likely N-dealkylation sites (tertiary alicyclic amines) is 1. The Bertz CT molecular complexity index is 525. The molecule has 5 nitrogen and oxygen atoms in total. The highest BCUT2D eigenvalue weighted by Crippen LogP contribution is 2.25. The minimum absolute atomic E-state index is 0.0171. The van der Waals surface area contributed by atoms with Crippen molar-refractivity contribution in [1.82, 2.24) is 4.90 Å². The van der Waals surface area contributed by atoms with Crippen LogP contribution in [0.3, 0.4) is 0 Å². The van der Waals surface area contributed by atoms with E-state index in [-0.39, 0.29) is 11.9 Å². The Hall–Kier alpha value is -2.04. The molecule has 1 aliphatic rings. The first-order valence-corrected chi connectivity index (χ1v) is 7.30. The van der Waals surface area contributed by atoms with E-state index in [1.165, 1.54) is 10.5 Å². The molecule has 0 radical (unpaired) electrons. The fraction of sp³-hybridized carbons (Fsp3) is 0.500. The number of nitrogens with zero attached hydrogens (tertiary/aromatic N) is 1. The largest absolute Gasteiger partial charge is 0.480 e. The molecule has 2 unspecified atom stereocenters. The normalized spacial score (nSPS) is 21.6. The quantitative estimate of drug-likeness (QED) is 0.898. The number of hydrogen-bond acceptors (Lipinski definition) is 2. The molecule has 114 valence electrons. The van der Waals surface area contributed by atoms with E-state index in [1.807, 2.05) is 31.2 Å². The molecular weight excluding hydrogens is 268 g/mol. The van der Waals surface area contributed by atoms with Gasteiger partial charge in [0, 0.05) is 12.2 Å². The Morgan fingerprint density at radius 3 is 2.43 bits per heavy atom. The summed E-state index contributed by atoms with van der Waals surface area (Å²) >= 11 is 0. The molecule has 1 saturated heterocycles. The Morgan fingerprint density at radius 2 is 1.90 bits per heavy atom. The van der Waals surface area contributed by atoms with Gasteiger partial charge in [-0.3, -0.25) is 0 Å². The summed E-state index contributed by atoms with van der Waals surface area (Å²) in [7, 11) is 0. The van der Waals surface area contributed by atoms with Gasteiger partial charge in [-0.25, -0.2) is 9.59 Å². The monoisotopic (exact) mass is 290 g/mol. The molecule has 2 atom stereocenters. The van der Waals surface area contributed by atoms with Crippen LogP contribution in [0, 0.1) is 5.92 Å². The van der Waals surface area contributed by atoms with Crippen LogP contribution in [0.2, 0.25) is 0 Å². The number of rotatable bonds is 3. The predicted octanol–water partition coefficient (Wildman–Crippen LogP) is 3.14. The Labute approximate surface area is 125 Å². The zero-order valence-electron chi connectivity index (χ0n) is 12.7. The molecule has 1 aromatic carbocycles. The second kappa shape index (κ2) is 6.16. The standard InChI is InChI=1S/C16H22N2O3/c1-10(2)12-4-6-13(7-5-12)17-16(21)18-9-8-11(3)14(18)15(19)20/h4-7,10-11,14H,8-9H2,1-3H3,(H,17,21)(H,19,20). The predicted molar refractivity (Wildman–Crippen MR) is 81.5 cm³/mol. The second-order valence-electron chi connectivity index (χ2n) is 5.95. The number of nitrogens with one attached hydrogen (secondary N) is 1. The van der Waals surface area contributed by atoms with Crippen molar-refractivity contribution in [2.24, 2.45) is 5.92 Å². The molecule has 2 amide bonds. The third-order valence-electron chi connectivity index (χ3n) is 4.04. The molecule has 0 aromatic heterocycles. The number of carboxylic acid groups (broad SMARTS) is 1. The van der Waals surface area contributed by atoms with Crippen molar-refractivity contribution >= 4 is 17.7 Å². The van der Waals surface area contributed by atoms with E-state index >= 15 is 0 Å². The topological polar surface area (TPSA) is 69.6 Å². The molecule has 2 rings (SSSR count). The zero-order valence-corrected chi connectivity index (χ0v) is 12.7. The Kier molecular flexibility index (Phi) is 4.50. The van der Waals surface area contributed by atoms with Crippen LogP contribution < -0.4 is 5.32 Å². The maximum atomic E-state index is 12.2. The lowest BCUT2D eigenvalue weighted by Crippen LogP contribution is -2.44. The SMILES string of the molecule is CC(C)c1ccc(NC(=O)N2CCC(C)C2C(=O)O)cc1. The molecule has 0 saturated carbocycles. The van der Waals surface area contributed by atoms with Gasteiger partial charge in [-0.05, 0) is 36.0 Å². The van der Waals surface area contributed by atoms with Gasteiger partial charge >= 0.3 is 12.0 Å². The summed E-state index contributed by atoms with van der Waals surface area (Å²) in [6, 6.07) is 6.57. The van der Waals surface area contributed by atoms with E-state index < -0.39 is 12.0 Å². The molecule has 1 fully saturated rings. The van der Waals surface area contributed by atoms with Crippen molar-refractivity contribution in [3.05, 3.63) is 29.8 Å². The lowest BCUT2D eigenvalue weighted by atomic mass is 10.0. The fourth-order valence-electron chi connectivity index (χ4n) is 2.70. The van der Waals surface area contributed by atoms with Gasteiger partial charge < -0.3 is 15.3 Å². The molecule has 1 aliphatic heterocycles. The van der Waals surface area contributed by atoms with Crippen molar-refractivity contribution in [1.29, 1.82) is 0 Å². The van der Waals surface area contributed by atoms with Crippen LogP contribution in [-0.2, 0) is 4.79 Å². The van der Waals surface area contributed by atoms with Gasteiger partial charge in [0.2, 0.25) is 0 Å². The number of amides is 2. The van der Waals surface area contributed by atoms with E-state index in [0.717, 1.165) is 6.42 Å². The highest BCUT2D eigenvalue weighted by Gasteiger charge is 2.39. The van der Waals surface area contributed by atoms with Crippen LogP contribution in [0.1, 0.15) is 38.7 Å². The third-order valence-corrected chi connectivity index (χ3v) is 4.04. The summed E-state index contributed by atoms with van der Waals surface area (Å²) in [5, 5.41) is 12.0. The third kappa shape index (κ3) is 3.35. The van der Waals surface area contributed by atoms with Crippen molar-refractivity contribution in [2.45, 2.75) is 39.2 Å². The number of aliphatic carboxylic acids is 1. The van der Waals surface area contributed by atoms with Gasteiger partial charge in [-0.2, -0.15) is 0 Å². The summed E-state index contributed by atoms with van der Waals surface area (Å²) in [5.41, 5.74) is 1.89. The van der Waals surface area contributed by atoms with Crippen molar-refractivity contribution in [3.8, 4) is 0 Å². The summed E-state index contributed by atoms with van der Waals surface area (Å²) in [6.07, 6.45) is 0.719. The molecular formula is C16H22N2O3. The van der Waals surface area contributed by atoms with Crippen LogP contribution in [-0.4, -0.2) is 34.6 Å². The molecule has 1 heterocycles. The molecule has 0 aliphatic carbocycles.